The molecule has 0 radical (unpaired) electrons. The van der Waals surface area contributed by atoms with Crippen molar-refractivity contribution in [3.63, 3.8) is 0 Å². The fourth-order valence-electron chi connectivity index (χ4n) is 2.58. The van der Waals surface area contributed by atoms with Crippen LogP contribution in [0.3, 0.4) is 0 Å². The average Bonchev–Trinajstić information content (AvgIpc) is 3.17. The molecule has 2 aliphatic carbocycles. The highest BCUT2D eigenvalue weighted by atomic mass is 32.1. The molecule has 94 valence electrons. The third-order valence-electron chi connectivity index (χ3n) is 3.85. The van der Waals surface area contributed by atoms with E-state index in [1.54, 1.807) is 0 Å². The van der Waals surface area contributed by atoms with Crippen LogP contribution in [0.15, 0.2) is 6.20 Å². The first kappa shape index (κ1) is 11.7. The summed E-state index contributed by atoms with van der Waals surface area (Å²) < 4.78 is 0. The number of hydrogen-bond donors (Lipinski definition) is 1. The lowest BCUT2D eigenvalue weighted by Crippen LogP contribution is -2.32. The van der Waals surface area contributed by atoms with Crippen molar-refractivity contribution in [1.29, 1.82) is 0 Å². The standard InChI is InChI=1S/C14H22N2S/c1-9(7-11-3-4-11)16-13(12-5-6-12)14-15-8-10(2)17-14/h8-9,11-13,16H,3-7H2,1-2H3/t9-,13+/m0/s1. The molecular weight excluding hydrogens is 228 g/mol. The van der Waals surface area contributed by atoms with Gasteiger partial charge in [-0.1, -0.05) is 12.8 Å². The van der Waals surface area contributed by atoms with Gasteiger partial charge in [-0.3, -0.25) is 0 Å². The number of rotatable bonds is 6. The molecule has 2 nitrogen and oxygen atoms in total. The van der Waals surface area contributed by atoms with Crippen LogP contribution in [0.25, 0.3) is 0 Å². The van der Waals surface area contributed by atoms with Gasteiger partial charge in [0.25, 0.3) is 0 Å². The zero-order chi connectivity index (χ0) is 11.8. The van der Waals surface area contributed by atoms with E-state index < -0.39 is 0 Å². The minimum Gasteiger partial charge on any atom is -0.305 e. The van der Waals surface area contributed by atoms with E-state index in [-0.39, 0.29) is 0 Å². The van der Waals surface area contributed by atoms with Gasteiger partial charge in [-0.05, 0) is 44.9 Å². The van der Waals surface area contributed by atoms with Gasteiger partial charge >= 0.3 is 0 Å². The Labute approximate surface area is 108 Å². The number of aryl methyl sites for hydroxylation is 1. The molecule has 0 aliphatic heterocycles. The average molecular weight is 250 g/mol. The molecule has 0 amide bonds. The van der Waals surface area contributed by atoms with Gasteiger partial charge in [-0.2, -0.15) is 0 Å². The third kappa shape index (κ3) is 3.08. The molecular formula is C14H22N2S. The van der Waals surface area contributed by atoms with Gasteiger partial charge in [0.2, 0.25) is 0 Å². The minimum atomic E-state index is 0.530. The van der Waals surface area contributed by atoms with Crippen LogP contribution in [0.2, 0.25) is 0 Å². The largest absolute Gasteiger partial charge is 0.305 e. The zero-order valence-electron chi connectivity index (χ0n) is 10.8. The quantitative estimate of drug-likeness (QED) is 0.833. The third-order valence-corrected chi connectivity index (χ3v) is 4.84. The second kappa shape index (κ2) is 4.69. The molecule has 0 saturated heterocycles. The maximum absolute atomic E-state index is 4.58. The Hall–Kier alpha value is -0.410. The molecule has 0 aromatic carbocycles. The smallest absolute Gasteiger partial charge is 0.110 e. The fourth-order valence-corrected chi connectivity index (χ4v) is 3.51. The molecule has 17 heavy (non-hydrogen) atoms. The summed E-state index contributed by atoms with van der Waals surface area (Å²) in [4.78, 5) is 5.92. The van der Waals surface area contributed by atoms with Crippen molar-refractivity contribution in [3.8, 4) is 0 Å². The molecule has 0 spiro atoms. The van der Waals surface area contributed by atoms with E-state index in [2.05, 4.69) is 24.1 Å². The van der Waals surface area contributed by atoms with Gasteiger partial charge < -0.3 is 5.32 Å². The second-order valence-electron chi connectivity index (χ2n) is 5.87. The molecule has 3 rings (SSSR count). The van der Waals surface area contributed by atoms with E-state index in [1.807, 2.05) is 17.5 Å². The predicted octanol–water partition coefficient (Wildman–Crippen LogP) is 3.68. The molecule has 1 N–H and O–H groups in total. The van der Waals surface area contributed by atoms with Crippen LogP contribution in [0.1, 0.15) is 55.0 Å². The highest BCUT2D eigenvalue weighted by molar-refractivity contribution is 7.11. The second-order valence-corrected chi connectivity index (χ2v) is 7.14. The van der Waals surface area contributed by atoms with Crippen molar-refractivity contribution in [3.05, 3.63) is 16.1 Å². The van der Waals surface area contributed by atoms with Crippen molar-refractivity contribution in [2.24, 2.45) is 11.8 Å². The lowest BCUT2D eigenvalue weighted by molar-refractivity contribution is 0.391. The van der Waals surface area contributed by atoms with Crippen molar-refractivity contribution < 1.29 is 0 Å². The van der Waals surface area contributed by atoms with Crippen LogP contribution in [-0.4, -0.2) is 11.0 Å². The molecule has 2 saturated carbocycles. The molecule has 2 fully saturated rings. The van der Waals surface area contributed by atoms with Crippen molar-refractivity contribution in [2.75, 3.05) is 0 Å². The van der Waals surface area contributed by atoms with E-state index in [1.165, 1.54) is 42.0 Å². The van der Waals surface area contributed by atoms with E-state index in [4.69, 9.17) is 0 Å². The van der Waals surface area contributed by atoms with Gasteiger partial charge in [-0.15, -0.1) is 11.3 Å². The lowest BCUT2D eigenvalue weighted by atomic mass is 10.1. The number of thiazole rings is 1. The Morgan fingerprint density at radius 3 is 2.71 bits per heavy atom. The summed E-state index contributed by atoms with van der Waals surface area (Å²) in [6.07, 6.45) is 9.04. The van der Waals surface area contributed by atoms with Crippen LogP contribution in [-0.2, 0) is 0 Å². The first-order valence-electron chi connectivity index (χ1n) is 6.90. The summed E-state index contributed by atoms with van der Waals surface area (Å²) in [6, 6.07) is 1.18. The summed E-state index contributed by atoms with van der Waals surface area (Å²) in [6.45, 7) is 4.49. The summed E-state index contributed by atoms with van der Waals surface area (Å²) in [5.74, 6) is 1.86. The lowest BCUT2D eigenvalue weighted by Gasteiger charge is -2.21. The van der Waals surface area contributed by atoms with E-state index in [0.717, 1.165) is 11.8 Å². The van der Waals surface area contributed by atoms with Gasteiger partial charge in [0.05, 0.1) is 6.04 Å². The highest BCUT2D eigenvalue weighted by Gasteiger charge is 2.35. The Balaban J connectivity index is 1.62. The Morgan fingerprint density at radius 1 is 1.41 bits per heavy atom. The number of nitrogens with zero attached hydrogens (tertiary/aromatic N) is 1. The van der Waals surface area contributed by atoms with Gasteiger partial charge in [0, 0.05) is 17.1 Å². The molecule has 2 aliphatic rings. The Morgan fingerprint density at radius 2 is 2.18 bits per heavy atom. The molecule has 3 heteroatoms. The molecule has 0 bridgehead atoms. The molecule has 2 atom stereocenters. The molecule has 1 aromatic rings. The monoisotopic (exact) mass is 250 g/mol. The Kier molecular flexibility index (Phi) is 3.22. The SMILES string of the molecule is Cc1cnc([C@H](N[C@@H](C)CC2CC2)C2CC2)s1. The van der Waals surface area contributed by atoms with Crippen molar-refractivity contribution >= 4 is 11.3 Å². The number of hydrogen-bond acceptors (Lipinski definition) is 3. The van der Waals surface area contributed by atoms with Crippen LogP contribution in [0, 0.1) is 18.8 Å². The molecule has 0 unspecified atom stereocenters. The highest BCUT2D eigenvalue weighted by Crippen LogP contribution is 2.43. The minimum absolute atomic E-state index is 0.530. The van der Waals surface area contributed by atoms with E-state index in [9.17, 15) is 0 Å². The van der Waals surface area contributed by atoms with E-state index in [0.29, 0.717) is 12.1 Å². The number of aromatic nitrogens is 1. The summed E-state index contributed by atoms with van der Waals surface area (Å²) in [5, 5.41) is 5.14. The van der Waals surface area contributed by atoms with Crippen LogP contribution in [0.4, 0.5) is 0 Å². The van der Waals surface area contributed by atoms with Crippen LogP contribution >= 0.6 is 11.3 Å². The zero-order valence-corrected chi connectivity index (χ0v) is 11.6. The van der Waals surface area contributed by atoms with Crippen LogP contribution < -0.4 is 5.32 Å². The van der Waals surface area contributed by atoms with Gasteiger partial charge in [0.1, 0.15) is 5.01 Å². The maximum Gasteiger partial charge on any atom is 0.110 e. The summed E-state index contributed by atoms with van der Waals surface area (Å²) in [7, 11) is 0. The fraction of sp³-hybridized carbons (Fsp3) is 0.786. The maximum atomic E-state index is 4.58. The molecule has 1 aromatic heterocycles. The topological polar surface area (TPSA) is 24.9 Å². The van der Waals surface area contributed by atoms with Crippen molar-refractivity contribution in [2.45, 2.75) is 58.0 Å². The molecule has 1 heterocycles. The van der Waals surface area contributed by atoms with Gasteiger partial charge in [0.15, 0.2) is 0 Å². The summed E-state index contributed by atoms with van der Waals surface area (Å²) >= 11 is 1.87. The normalized spacial score (nSPS) is 23.6. The first-order chi connectivity index (χ1) is 8.22. The van der Waals surface area contributed by atoms with Crippen LogP contribution in [0.5, 0.6) is 0 Å². The van der Waals surface area contributed by atoms with E-state index >= 15 is 0 Å². The summed E-state index contributed by atoms with van der Waals surface area (Å²) in [5.41, 5.74) is 0. The van der Waals surface area contributed by atoms with Gasteiger partial charge in [-0.25, -0.2) is 4.98 Å². The van der Waals surface area contributed by atoms with Crippen molar-refractivity contribution in [1.82, 2.24) is 10.3 Å². The predicted molar refractivity (Wildman–Crippen MR) is 72.3 cm³/mol. The Bertz CT molecular complexity index is 379. The first-order valence-corrected chi connectivity index (χ1v) is 7.72. The number of nitrogens with one attached hydrogen (secondary N) is 1.